The second-order valence-electron chi connectivity index (χ2n) is 9.40. The lowest BCUT2D eigenvalue weighted by molar-refractivity contribution is -0.148. The molecule has 1 aromatic carbocycles. The van der Waals surface area contributed by atoms with Crippen molar-refractivity contribution in [3.05, 3.63) is 24.3 Å². The molecule has 0 radical (unpaired) electrons. The number of nitrogens with one attached hydrogen (secondary N) is 1. The summed E-state index contributed by atoms with van der Waals surface area (Å²) in [5.74, 6) is 2.21. The largest absolute Gasteiger partial charge is 0.492 e. The Kier molecular flexibility index (Phi) is 8.58. The Balaban J connectivity index is 1.49. The Morgan fingerprint density at radius 3 is 2.50 bits per heavy atom. The van der Waals surface area contributed by atoms with Crippen molar-refractivity contribution in [2.75, 3.05) is 38.2 Å². The average Bonchev–Trinajstić information content (AvgIpc) is 2.75. The highest BCUT2D eigenvalue weighted by molar-refractivity contribution is 5.97. The summed E-state index contributed by atoms with van der Waals surface area (Å²) in [6.07, 6.45) is 7.32. The molecule has 1 saturated carbocycles. The van der Waals surface area contributed by atoms with Crippen LogP contribution in [0.5, 0.6) is 5.75 Å². The molecule has 2 fully saturated rings. The van der Waals surface area contributed by atoms with E-state index in [0.29, 0.717) is 19.1 Å². The number of benzene rings is 1. The van der Waals surface area contributed by atoms with Gasteiger partial charge in [0.05, 0.1) is 0 Å². The van der Waals surface area contributed by atoms with Gasteiger partial charge in [0.1, 0.15) is 18.0 Å². The predicted octanol–water partition coefficient (Wildman–Crippen LogP) is 5.11. The van der Waals surface area contributed by atoms with Crippen molar-refractivity contribution < 1.29 is 14.3 Å². The lowest BCUT2D eigenvalue weighted by atomic mass is 9.78. The fraction of sp³-hybridized carbons (Fsp3) is 0.720. The van der Waals surface area contributed by atoms with E-state index in [0.717, 1.165) is 49.6 Å². The van der Waals surface area contributed by atoms with Gasteiger partial charge in [-0.05, 0) is 87.7 Å². The van der Waals surface area contributed by atoms with E-state index in [-0.39, 0.29) is 5.91 Å². The third-order valence-corrected chi connectivity index (χ3v) is 6.62. The smallest absolute Gasteiger partial charge is 0.256 e. The predicted molar refractivity (Wildman–Crippen MR) is 122 cm³/mol. The van der Waals surface area contributed by atoms with Gasteiger partial charge in [-0.3, -0.25) is 9.69 Å². The van der Waals surface area contributed by atoms with Crippen LogP contribution in [0.3, 0.4) is 0 Å². The number of carbonyl (C=O) groups excluding carboxylic acids is 1. The van der Waals surface area contributed by atoms with Crippen molar-refractivity contribution in [2.24, 2.45) is 11.8 Å². The first-order valence-corrected chi connectivity index (χ1v) is 11.9. The molecular formula is C25H40N2O3. The van der Waals surface area contributed by atoms with Gasteiger partial charge in [0.25, 0.3) is 5.91 Å². The third kappa shape index (κ3) is 6.45. The van der Waals surface area contributed by atoms with E-state index >= 15 is 0 Å². The first kappa shape index (κ1) is 23.1. The lowest BCUT2D eigenvalue weighted by Crippen LogP contribution is -2.48. The van der Waals surface area contributed by atoms with Crippen LogP contribution in [0.25, 0.3) is 0 Å². The Hall–Kier alpha value is -1.59. The number of hydrogen-bond acceptors (Lipinski definition) is 4. The van der Waals surface area contributed by atoms with Gasteiger partial charge in [-0.15, -0.1) is 0 Å². The summed E-state index contributed by atoms with van der Waals surface area (Å²) in [5.41, 5.74) is 0.115. The van der Waals surface area contributed by atoms with Crippen molar-refractivity contribution in [2.45, 2.75) is 71.3 Å². The molecule has 30 heavy (non-hydrogen) atoms. The Morgan fingerprint density at radius 2 is 1.83 bits per heavy atom. The molecule has 0 bridgehead atoms. The number of anilines is 1. The van der Waals surface area contributed by atoms with Crippen LogP contribution in [0.4, 0.5) is 5.69 Å². The minimum atomic E-state index is -0.686. The van der Waals surface area contributed by atoms with E-state index in [1.807, 2.05) is 24.3 Å². The van der Waals surface area contributed by atoms with Crippen molar-refractivity contribution in [3.63, 3.8) is 0 Å². The molecule has 2 aliphatic rings. The number of likely N-dealkylation sites (tertiary alicyclic amines) is 1. The normalized spacial score (nSPS) is 25.8. The fourth-order valence-electron chi connectivity index (χ4n) is 4.66. The molecular weight excluding hydrogens is 376 g/mol. The van der Waals surface area contributed by atoms with E-state index in [2.05, 4.69) is 31.0 Å². The summed E-state index contributed by atoms with van der Waals surface area (Å²) in [6.45, 7) is 11.3. The quantitative estimate of drug-likeness (QED) is 0.608. The standard InChI is InChI=1S/C25H40N2O3/c1-4-17-30-25(13-5-6-21(3)19-25)24(28)26-22-7-9-23(10-8-22)29-18-16-27-14-11-20(2)12-15-27/h7-10,20-21H,4-6,11-19H2,1-3H3,(H,26,28)/t21-,25+/m0/s1. The van der Waals surface area contributed by atoms with Crippen LogP contribution < -0.4 is 10.1 Å². The van der Waals surface area contributed by atoms with Crippen LogP contribution in [0, 0.1) is 11.8 Å². The van der Waals surface area contributed by atoms with Gasteiger partial charge in [0.15, 0.2) is 0 Å². The number of carbonyl (C=O) groups is 1. The van der Waals surface area contributed by atoms with Crippen molar-refractivity contribution in [1.29, 1.82) is 0 Å². The van der Waals surface area contributed by atoms with Crippen LogP contribution in [-0.4, -0.2) is 49.3 Å². The highest BCUT2D eigenvalue weighted by Crippen LogP contribution is 2.36. The van der Waals surface area contributed by atoms with Crippen LogP contribution in [0.15, 0.2) is 24.3 Å². The molecule has 168 valence electrons. The first-order valence-electron chi connectivity index (χ1n) is 11.9. The topological polar surface area (TPSA) is 50.8 Å². The Bertz CT molecular complexity index is 655. The molecule has 1 aliphatic carbocycles. The second kappa shape index (κ2) is 11.1. The van der Waals surface area contributed by atoms with Gasteiger partial charge >= 0.3 is 0 Å². The van der Waals surface area contributed by atoms with E-state index in [4.69, 9.17) is 9.47 Å². The zero-order valence-corrected chi connectivity index (χ0v) is 19.1. The molecule has 1 aromatic rings. The third-order valence-electron chi connectivity index (χ3n) is 6.62. The SMILES string of the molecule is CCCO[C@]1(C(=O)Nc2ccc(OCCN3CCC(C)CC3)cc2)CCC[C@H](C)C1. The van der Waals surface area contributed by atoms with Crippen molar-refractivity contribution in [1.82, 2.24) is 4.90 Å². The van der Waals surface area contributed by atoms with Crippen molar-refractivity contribution in [3.8, 4) is 5.75 Å². The monoisotopic (exact) mass is 416 g/mol. The molecule has 1 N–H and O–H groups in total. The molecule has 1 heterocycles. The molecule has 5 heteroatoms. The van der Waals surface area contributed by atoms with E-state index in [9.17, 15) is 4.79 Å². The van der Waals surface area contributed by atoms with Gasteiger partial charge in [0.2, 0.25) is 0 Å². The number of nitrogens with zero attached hydrogens (tertiary/aromatic N) is 1. The zero-order valence-electron chi connectivity index (χ0n) is 19.1. The van der Waals surface area contributed by atoms with E-state index in [1.165, 1.54) is 32.4 Å². The minimum Gasteiger partial charge on any atom is -0.492 e. The summed E-state index contributed by atoms with van der Waals surface area (Å²) in [6, 6.07) is 7.74. The van der Waals surface area contributed by atoms with Gasteiger partial charge < -0.3 is 14.8 Å². The minimum absolute atomic E-state index is 0.00417. The van der Waals surface area contributed by atoms with Crippen molar-refractivity contribution >= 4 is 11.6 Å². The van der Waals surface area contributed by atoms with Gasteiger partial charge in [-0.25, -0.2) is 0 Å². The van der Waals surface area contributed by atoms with Gasteiger partial charge in [-0.1, -0.05) is 27.2 Å². The summed E-state index contributed by atoms with van der Waals surface area (Å²) in [5, 5.41) is 3.09. The van der Waals surface area contributed by atoms with Gasteiger partial charge in [0, 0.05) is 18.8 Å². The number of amides is 1. The second-order valence-corrected chi connectivity index (χ2v) is 9.40. The van der Waals surface area contributed by atoms with Gasteiger partial charge in [-0.2, -0.15) is 0 Å². The summed E-state index contributed by atoms with van der Waals surface area (Å²) < 4.78 is 12.0. The van der Waals surface area contributed by atoms with Crippen LogP contribution in [-0.2, 0) is 9.53 Å². The molecule has 0 aromatic heterocycles. The Labute approximate surface area is 182 Å². The maximum absolute atomic E-state index is 13.1. The maximum Gasteiger partial charge on any atom is 0.256 e. The Morgan fingerprint density at radius 1 is 1.10 bits per heavy atom. The highest BCUT2D eigenvalue weighted by atomic mass is 16.5. The highest BCUT2D eigenvalue weighted by Gasteiger charge is 2.42. The summed E-state index contributed by atoms with van der Waals surface area (Å²) >= 11 is 0. The average molecular weight is 417 g/mol. The maximum atomic E-state index is 13.1. The summed E-state index contributed by atoms with van der Waals surface area (Å²) in [4.78, 5) is 15.6. The molecule has 0 spiro atoms. The molecule has 1 saturated heterocycles. The molecule has 3 rings (SSSR count). The molecule has 2 atom stereocenters. The molecule has 1 amide bonds. The zero-order chi connectivity index (χ0) is 21.4. The number of piperidine rings is 1. The van der Waals surface area contributed by atoms with Crippen LogP contribution in [0.2, 0.25) is 0 Å². The molecule has 1 aliphatic heterocycles. The fourth-order valence-corrected chi connectivity index (χ4v) is 4.66. The number of hydrogen-bond donors (Lipinski definition) is 1. The number of ether oxygens (including phenoxy) is 2. The summed E-state index contributed by atoms with van der Waals surface area (Å²) in [7, 11) is 0. The number of rotatable bonds is 9. The molecule has 5 nitrogen and oxygen atoms in total. The van der Waals surface area contributed by atoms with Crippen LogP contribution >= 0.6 is 0 Å². The van der Waals surface area contributed by atoms with E-state index in [1.54, 1.807) is 0 Å². The first-order chi connectivity index (χ1) is 14.5. The van der Waals surface area contributed by atoms with Crippen LogP contribution in [0.1, 0.15) is 65.7 Å². The molecule has 0 unspecified atom stereocenters. The van der Waals surface area contributed by atoms with E-state index < -0.39 is 5.60 Å². The lowest BCUT2D eigenvalue weighted by Gasteiger charge is -2.38.